The minimum absolute atomic E-state index is 0.0215. The molecule has 1 saturated carbocycles. The predicted molar refractivity (Wildman–Crippen MR) is 128 cm³/mol. The number of carbonyl (C=O) groups excluding carboxylic acids is 2. The van der Waals surface area contributed by atoms with E-state index >= 15 is 0 Å². The molecular weight excluding hydrogens is 400 g/mol. The second-order valence-corrected chi connectivity index (χ2v) is 9.63. The molecule has 32 heavy (non-hydrogen) atoms. The van der Waals surface area contributed by atoms with Crippen molar-refractivity contribution in [2.24, 2.45) is 5.92 Å². The van der Waals surface area contributed by atoms with Gasteiger partial charge in [0.05, 0.1) is 11.6 Å². The van der Waals surface area contributed by atoms with E-state index in [0.717, 1.165) is 24.8 Å². The number of ketones is 1. The minimum Gasteiger partial charge on any atom is -0.506 e. The average Bonchev–Trinajstić information content (AvgIpc) is 3.20. The maximum Gasteiger partial charge on any atom is 0.255 e. The number of Topliss-reactive ketones (excluding diaryl/α,β-unsaturated/α-hetero) is 1. The summed E-state index contributed by atoms with van der Waals surface area (Å²) in [4.78, 5) is 28.3. The Kier molecular flexibility index (Phi) is 7.46. The molecule has 2 aliphatic rings. The van der Waals surface area contributed by atoms with Gasteiger partial charge in [0, 0.05) is 30.9 Å². The number of rotatable bonds is 8. The van der Waals surface area contributed by atoms with Gasteiger partial charge < -0.3 is 10.4 Å². The Hall–Kier alpha value is -2.40. The van der Waals surface area contributed by atoms with E-state index < -0.39 is 0 Å². The van der Waals surface area contributed by atoms with Gasteiger partial charge >= 0.3 is 0 Å². The molecule has 2 aromatic rings. The van der Waals surface area contributed by atoms with Gasteiger partial charge in [0.2, 0.25) is 0 Å². The maximum absolute atomic E-state index is 13.0. The average molecular weight is 437 g/mol. The number of phenolic OH excluding ortho intramolecular Hbond substituents is 1. The highest BCUT2D eigenvalue weighted by atomic mass is 16.3. The molecule has 0 bridgehead atoms. The number of hydrogen-bond donors (Lipinski definition) is 2. The van der Waals surface area contributed by atoms with Crippen molar-refractivity contribution in [3.63, 3.8) is 0 Å². The van der Waals surface area contributed by atoms with E-state index in [1.165, 1.54) is 32.1 Å². The largest absolute Gasteiger partial charge is 0.506 e. The van der Waals surface area contributed by atoms with Crippen molar-refractivity contribution in [2.45, 2.75) is 76.8 Å². The zero-order valence-electron chi connectivity index (χ0n) is 19.2. The van der Waals surface area contributed by atoms with Gasteiger partial charge in [-0.15, -0.1) is 0 Å². The Labute approximate surface area is 191 Å². The normalized spacial score (nSPS) is 22.3. The monoisotopic (exact) mass is 436 g/mol. The highest BCUT2D eigenvalue weighted by Crippen LogP contribution is 2.31. The van der Waals surface area contributed by atoms with Crippen LogP contribution in [-0.2, 0) is 4.79 Å². The molecule has 5 nitrogen and oxygen atoms in total. The smallest absolute Gasteiger partial charge is 0.255 e. The summed E-state index contributed by atoms with van der Waals surface area (Å²) in [6, 6.07) is 10.9. The van der Waals surface area contributed by atoms with E-state index in [1.807, 2.05) is 30.3 Å². The number of carbonyl (C=O) groups is 2. The second kappa shape index (κ2) is 10.5. The summed E-state index contributed by atoms with van der Waals surface area (Å²) in [5, 5.41) is 15.4. The Morgan fingerprint density at radius 3 is 2.66 bits per heavy atom. The fourth-order valence-corrected chi connectivity index (χ4v) is 5.47. The summed E-state index contributed by atoms with van der Waals surface area (Å²) >= 11 is 0. The summed E-state index contributed by atoms with van der Waals surface area (Å²) in [6.07, 6.45) is 9.61. The predicted octanol–water partition coefficient (Wildman–Crippen LogP) is 5.06. The summed E-state index contributed by atoms with van der Waals surface area (Å²) in [6.45, 7) is 3.77. The van der Waals surface area contributed by atoms with Crippen LogP contribution < -0.4 is 5.32 Å². The number of nitrogens with zero attached hydrogens (tertiary/aromatic N) is 1. The van der Waals surface area contributed by atoms with Crippen LogP contribution in [0, 0.1) is 5.92 Å². The molecule has 0 unspecified atom stereocenters. The third kappa shape index (κ3) is 5.15. The summed E-state index contributed by atoms with van der Waals surface area (Å²) in [5.41, 5.74) is 0.295. The number of nitrogens with one attached hydrogen (secondary N) is 1. The lowest BCUT2D eigenvalue weighted by Gasteiger charge is -2.30. The Morgan fingerprint density at radius 1 is 1.09 bits per heavy atom. The van der Waals surface area contributed by atoms with Crippen molar-refractivity contribution in [3.8, 4) is 5.75 Å². The number of aromatic hydroxyl groups is 1. The molecule has 1 heterocycles. The van der Waals surface area contributed by atoms with Gasteiger partial charge in [0.1, 0.15) is 11.5 Å². The molecule has 2 N–H and O–H groups in total. The number of fused-ring (bicyclic) bond motifs is 1. The highest BCUT2D eigenvalue weighted by molar-refractivity contribution is 6.03. The Morgan fingerprint density at radius 2 is 1.88 bits per heavy atom. The molecule has 4 rings (SSSR count). The Balaban J connectivity index is 1.46. The van der Waals surface area contributed by atoms with Crippen LogP contribution in [0.4, 0.5) is 0 Å². The Bertz CT molecular complexity index is 951. The first kappa shape index (κ1) is 22.8. The molecule has 0 radical (unpaired) electrons. The number of likely N-dealkylation sites (tertiary alicyclic amines) is 1. The first-order chi connectivity index (χ1) is 15.6. The van der Waals surface area contributed by atoms with Gasteiger partial charge in [-0.3, -0.25) is 14.5 Å². The molecule has 1 amide bonds. The number of amides is 1. The topological polar surface area (TPSA) is 69.6 Å². The lowest BCUT2D eigenvalue weighted by molar-refractivity contribution is -0.123. The molecule has 1 aliphatic carbocycles. The molecule has 0 spiro atoms. The quantitative estimate of drug-likeness (QED) is 0.607. The van der Waals surface area contributed by atoms with Crippen molar-refractivity contribution in [1.29, 1.82) is 0 Å². The molecule has 2 atom stereocenters. The zero-order valence-corrected chi connectivity index (χ0v) is 19.2. The van der Waals surface area contributed by atoms with Crippen molar-refractivity contribution in [3.05, 3.63) is 42.0 Å². The van der Waals surface area contributed by atoms with Crippen LogP contribution in [0.3, 0.4) is 0 Å². The number of phenols is 1. The van der Waals surface area contributed by atoms with Crippen molar-refractivity contribution in [2.75, 3.05) is 13.1 Å². The van der Waals surface area contributed by atoms with Gasteiger partial charge in [0.25, 0.3) is 5.91 Å². The van der Waals surface area contributed by atoms with Crippen LogP contribution in [0.15, 0.2) is 36.4 Å². The molecule has 1 saturated heterocycles. The van der Waals surface area contributed by atoms with Gasteiger partial charge in [-0.2, -0.15) is 0 Å². The molecule has 2 aromatic carbocycles. The first-order valence-corrected chi connectivity index (χ1v) is 12.3. The van der Waals surface area contributed by atoms with Crippen LogP contribution in [-0.4, -0.2) is 46.9 Å². The summed E-state index contributed by atoms with van der Waals surface area (Å²) < 4.78 is 0. The van der Waals surface area contributed by atoms with Crippen LogP contribution >= 0.6 is 0 Å². The SMILES string of the molecule is CCCCC(=O)[C@@H]1C[C@H](NC(=O)c2ccc3ccccc3c2O)CN1CC1CCCCC1. The van der Waals surface area contributed by atoms with E-state index in [4.69, 9.17) is 0 Å². The van der Waals surface area contributed by atoms with Gasteiger partial charge in [-0.25, -0.2) is 0 Å². The fraction of sp³-hybridized carbons (Fsp3) is 0.556. The summed E-state index contributed by atoms with van der Waals surface area (Å²) in [5.74, 6) is 0.725. The molecule has 5 heteroatoms. The standard InChI is InChI=1S/C27H36N2O3/c1-2-3-13-25(30)24-16-21(18-29(24)17-19-9-5-4-6-10-19)28-27(32)23-15-14-20-11-7-8-12-22(20)26(23)31/h7-8,11-12,14-15,19,21,24,31H,2-6,9-10,13,16-18H2,1H3,(H,28,32)/t21-,24-/m0/s1. The number of hydrogen-bond acceptors (Lipinski definition) is 4. The van der Waals surface area contributed by atoms with Crippen LogP contribution in [0.2, 0.25) is 0 Å². The van der Waals surface area contributed by atoms with Gasteiger partial charge in [-0.1, -0.05) is 62.9 Å². The second-order valence-electron chi connectivity index (χ2n) is 9.63. The number of benzene rings is 2. The lowest BCUT2D eigenvalue weighted by Crippen LogP contribution is -2.40. The van der Waals surface area contributed by atoms with Crippen molar-refractivity contribution < 1.29 is 14.7 Å². The minimum atomic E-state index is -0.266. The van der Waals surface area contributed by atoms with Gasteiger partial charge in [-0.05, 0) is 43.1 Å². The fourth-order valence-electron chi connectivity index (χ4n) is 5.47. The number of unbranched alkanes of at least 4 members (excludes halogenated alkanes) is 1. The molecular formula is C27H36N2O3. The molecule has 0 aromatic heterocycles. The summed E-state index contributed by atoms with van der Waals surface area (Å²) in [7, 11) is 0. The maximum atomic E-state index is 13.0. The van der Waals surface area contributed by atoms with Crippen molar-refractivity contribution in [1.82, 2.24) is 10.2 Å². The third-order valence-electron chi connectivity index (χ3n) is 7.25. The first-order valence-electron chi connectivity index (χ1n) is 12.3. The van der Waals surface area contributed by atoms with E-state index in [0.29, 0.717) is 42.0 Å². The zero-order chi connectivity index (χ0) is 22.5. The van der Waals surface area contributed by atoms with Gasteiger partial charge in [0.15, 0.2) is 0 Å². The van der Waals surface area contributed by atoms with E-state index in [-0.39, 0.29) is 23.7 Å². The van der Waals surface area contributed by atoms with E-state index in [2.05, 4.69) is 17.1 Å². The lowest BCUT2D eigenvalue weighted by atomic mass is 9.88. The highest BCUT2D eigenvalue weighted by Gasteiger charge is 2.38. The van der Waals surface area contributed by atoms with E-state index in [9.17, 15) is 14.7 Å². The van der Waals surface area contributed by atoms with Crippen molar-refractivity contribution >= 4 is 22.5 Å². The van der Waals surface area contributed by atoms with Crippen LogP contribution in [0.25, 0.3) is 10.8 Å². The molecule has 2 fully saturated rings. The van der Waals surface area contributed by atoms with E-state index in [1.54, 1.807) is 6.07 Å². The van der Waals surface area contributed by atoms with Crippen LogP contribution in [0.5, 0.6) is 5.75 Å². The van der Waals surface area contributed by atoms with Crippen LogP contribution in [0.1, 0.15) is 75.1 Å². The third-order valence-corrected chi connectivity index (χ3v) is 7.25. The molecule has 172 valence electrons. The molecule has 1 aliphatic heterocycles.